The van der Waals surface area contributed by atoms with Crippen molar-refractivity contribution >= 4 is 37.2 Å². The van der Waals surface area contributed by atoms with Crippen LogP contribution in [0.4, 0.5) is 0 Å². The Labute approximate surface area is 118 Å². The lowest BCUT2D eigenvalue weighted by Crippen LogP contribution is -2.06. The summed E-state index contributed by atoms with van der Waals surface area (Å²) in [6.07, 6.45) is 3.90. The molecule has 0 rings (SSSR count). The summed E-state index contributed by atoms with van der Waals surface area (Å²) in [6.45, 7) is 3.99. The van der Waals surface area contributed by atoms with Crippen LogP contribution in [0.1, 0.15) is 26.7 Å². The second-order valence-corrected chi connectivity index (χ2v) is 5.02. The Bertz CT molecular complexity index is 306. The predicted molar refractivity (Wildman–Crippen MR) is 76.6 cm³/mol. The van der Waals surface area contributed by atoms with Crippen molar-refractivity contribution < 1.29 is 19.1 Å². The average Bonchev–Trinajstić information content (AvgIpc) is 2.20. The molecule has 0 N–H and O–H groups in total. The maximum absolute atomic E-state index is 11.1. The van der Waals surface area contributed by atoms with Crippen LogP contribution in [0.15, 0.2) is 22.0 Å². The van der Waals surface area contributed by atoms with Gasteiger partial charge >= 0.3 is 11.9 Å². The molecular weight excluding hydrogens is 272 g/mol. The van der Waals surface area contributed by atoms with Gasteiger partial charge in [0.25, 0.3) is 0 Å². The summed E-state index contributed by atoms with van der Waals surface area (Å²) in [4.78, 5) is 23.3. The molecule has 0 radical (unpaired) electrons. The molecule has 0 spiro atoms. The second kappa shape index (κ2) is 10.1. The topological polar surface area (TPSA) is 52.6 Å². The van der Waals surface area contributed by atoms with Gasteiger partial charge < -0.3 is 9.47 Å². The fourth-order valence-corrected chi connectivity index (χ4v) is 1.18. The summed E-state index contributed by atoms with van der Waals surface area (Å²) in [5.41, 5.74) is 0. The van der Waals surface area contributed by atoms with Crippen molar-refractivity contribution in [3.05, 3.63) is 22.0 Å². The van der Waals surface area contributed by atoms with E-state index in [4.69, 9.17) is 9.47 Å². The first kappa shape index (κ1) is 17.1. The van der Waals surface area contributed by atoms with E-state index in [1.54, 1.807) is 13.8 Å². The van der Waals surface area contributed by atoms with Gasteiger partial charge in [-0.2, -0.15) is 0 Å². The number of thiol groups is 2. The first-order chi connectivity index (χ1) is 8.41. The van der Waals surface area contributed by atoms with Crippen LogP contribution in [0.5, 0.6) is 0 Å². The molecule has 6 heteroatoms. The van der Waals surface area contributed by atoms with Gasteiger partial charge in [0.15, 0.2) is 0 Å². The van der Waals surface area contributed by atoms with Gasteiger partial charge in [0.1, 0.15) is 0 Å². The van der Waals surface area contributed by atoms with E-state index in [1.165, 1.54) is 12.2 Å². The standard InChI is InChI=1S/C12H18O4S2/c1-9(17)7-11(13)15-5-3-4-6-16-12(14)8-10(2)18/h7-8,17-18H,3-6H2,1-2H3. The van der Waals surface area contributed by atoms with Crippen LogP contribution in [0, 0.1) is 0 Å². The second-order valence-electron chi connectivity index (χ2n) is 3.61. The lowest BCUT2D eigenvalue weighted by Gasteiger charge is -2.03. The smallest absolute Gasteiger partial charge is 0.331 e. The van der Waals surface area contributed by atoms with Crippen LogP contribution in [-0.4, -0.2) is 25.2 Å². The predicted octanol–water partition coefficient (Wildman–Crippen LogP) is 2.52. The molecule has 0 unspecified atom stereocenters. The number of rotatable bonds is 7. The van der Waals surface area contributed by atoms with E-state index in [0.717, 1.165) is 0 Å². The van der Waals surface area contributed by atoms with Crippen LogP contribution < -0.4 is 0 Å². The van der Waals surface area contributed by atoms with Crippen molar-refractivity contribution in [1.82, 2.24) is 0 Å². The van der Waals surface area contributed by atoms with Crippen molar-refractivity contribution in [3.63, 3.8) is 0 Å². The molecule has 4 nitrogen and oxygen atoms in total. The van der Waals surface area contributed by atoms with Gasteiger partial charge in [-0.25, -0.2) is 9.59 Å². The highest BCUT2D eigenvalue weighted by atomic mass is 32.1. The SMILES string of the molecule is CC(S)=CC(=O)OCCCCOC(=O)C=C(C)S. The molecule has 18 heavy (non-hydrogen) atoms. The Morgan fingerprint density at radius 2 is 1.22 bits per heavy atom. The van der Waals surface area contributed by atoms with Crippen LogP contribution in [0.3, 0.4) is 0 Å². The molecule has 0 aromatic carbocycles. The van der Waals surface area contributed by atoms with Gasteiger partial charge in [0.05, 0.1) is 13.2 Å². The molecule has 0 atom stereocenters. The molecule has 0 saturated heterocycles. The average molecular weight is 290 g/mol. The Morgan fingerprint density at radius 1 is 0.889 bits per heavy atom. The quantitative estimate of drug-likeness (QED) is 0.327. The first-order valence-electron chi connectivity index (χ1n) is 5.50. The molecule has 0 heterocycles. The Kier molecular flexibility index (Phi) is 9.59. The van der Waals surface area contributed by atoms with E-state index in [1.807, 2.05) is 0 Å². The number of hydrogen-bond donors (Lipinski definition) is 2. The van der Waals surface area contributed by atoms with Crippen LogP contribution in [0.25, 0.3) is 0 Å². The van der Waals surface area contributed by atoms with Gasteiger partial charge in [0.2, 0.25) is 0 Å². The van der Waals surface area contributed by atoms with E-state index in [9.17, 15) is 9.59 Å². The highest BCUT2D eigenvalue weighted by molar-refractivity contribution is 7.84. The van der Waals surface area contributed by atoms with Crippen molar-refractivity contribution in [2.45, 2.75) is 26.7 Å². The fourth-order valence-electron chi connectivity index (χ4n) is 0.974. The van der Waals surface area contributed by atoms with E-state index in [-0.39, 0.29) is 0 Å². The third-order valence-corrected chi connectivity index (χ3v) is 1.94. The van der Waals surface area contributed by atoms with Gasteiger partial charge in [-0.15, -0.1) is 25.3 Å². The highest BCUT2D eigenvalue weighted by Crippen LogP contribution is 2.00. The minimum Gasteiger partial charge on any atom is -0.463 e. The molecular formula is C12H18O4S2. The Balaban J connectivity index is 3.53. The van der Waals surface area contributed by atoms with Gasteiger partial charge in [-0.3, -0.25) is 0 Å². The fraction of sp³-hybridized carbons (Fsp3) is 0.500. The molecule has 102 valence electrons. The number of carbonyl (C=O) groups is 2. The lowest BCUT2D eigenvalue weighted by atomic mass is 10.3. The maximum atomic E-state index is 11.1. The Hall–Kier alpha value is -0.880. The first-order valence-corrected chi connectivity index (χ1v) is 6.39. The monoisotopic (exact) mass is 290 g/mol. The van der Waals surface area contributed by atoms with Crippen LogP contribution in [-0.2, 0) is 19.1 Å². The number of unbranched alkanes of at least 4 members (excludes halogenated alkanes) is 1. The summed E-state index contributed by atoms with van der Waals surface area (Å²) in [7, 11) is 0. The number of esters is 2. The van der Waals surface area contributed by atoms with Crippen molar-refractivity contribution in [3.8, 4) is 0 Å². The molecule has 0 amide bonds. The number of ether oxygens (including phenoxy) is 2. The minimum atomic E-state index is -0.409. The van der Waals surface area contributed by atoms with Crippen molar-refractivity contribution in [1.29, 1.82) is 0 Å². The van der Waals surface area contributed by atoms with E-state index < -0.39 is 11.9 Å². The summed E-state index contributed by atoms with van der Waals surface area (Å²) in [5.74, 6) is -0.818. The van der Waals surface area contributed by atoms with Crippen molar-refractivity contribution in [2.24, 2.45) is 0 Å². The summed E-state index contributed by atoms with van der Waals surface area (Å²) in [5, 5.41) is 0. The van der Waals surface area contributed by atoms with Gasteiger partial charge in [-0.1, -0.05) is 0 Å². The molecule has 0 aromatic rings. The van der Waals surface area contributed by atoms with E-state index >= 15 is 0 Å². The normalized spacial score (nSPS) is 12.2. The largest absolute Gasteiger partial charge is 0.463 e. The highest BCUT2D eigenvalue weighted by Gasteiger charge is 2.00. The van der Waals surface area contributed by atoms with E-state index in [2.05, 4.69) is 25.3 Å². The third-order valence-electron chi connectivity index (χ3n) is 1.68. The number of allylic oxidation sites excluding steroid dienone is 2. The zero-order valence-corrected chi connectivity index (χ0v) is 12.3. The molecule has 0 bridgehead atoms. The number of hydrogen-bond acceptors (Lipinski definition) is 6. The zero-order valence-electron chi connectivity index (χ0n) is 10.5. The molecule has 0 saturated carbocycles. The third kappa shape index (κ3) is 11.6. The van der Waals surface area contributed by atoms with Gasteiger partial charge in [-0.05, 0) is 36.5 Å². The Morgan fingerprint density at radius 3 is 1.50 bits per heavy atom. The van der Waals surface area contributed by atoms with Crippen molar-refractivity contribution in [2.75, 3.05) is 13.2 Å². The molecule has 0 aliphatic rings. The summed E-state index contributed by atoms with van der Waals surface area (Å²) in [6, 6.07) is 0. The van der Waals surface area contributed by atoms with Crippen LogP contribution >= 0.6 is 25.3 Å². The molecule has 0 aromatic heterocycles. The van der Waals surface area contributed by atoms with Crippen LogP contribution in [0.2, 0.25) is 0 Å². The summed E-state index contributed by atoms with van der Waals surface area (Å²) >= 11 is 7.91. The lowest BCUT2D eigenvalue weighted by molar-refractivity contribution is -0.140. The maximum Gasteiger partial charge on any atom is 0.331 e. The molecule has 0 fully saturated rings. The van der Waals surface area contributed by atoms with E-state index in [0.29, 0.717) is 35.9 Å². The summed E-state index contributed by atoms with van der Waals surface area (Å²) < 4.78 is 9.79. The number of carbonyl (C=O) groups excluding carboxylic acids is 2. The van der Waals surface area contributed by atoms with Gasteiger partial charge in [0, 0.05) is 12.2 Å². The minimum absolute atomic E-state index is 0.301. The molecule has 0 aliphatic carbocycles. The zero-order chi connectivity index (χ0) is 14.0. The molecule has 0 aliphatic heterocycles.